The number of para-hydroxylation sites is 1. The molecule has 1 atom stereocenters. The Kier molecular flexibility index (Phi) is 5.15. The van der Waals surface area contributed by atoms with Gasteiger partial charge in [0.25, 0.3) is 0 Å². The topological polar surface area (TPSA) is 80.1 Å². The van der Waals surface area contributed by atoms with E-state index in [9.17, 15) is 4.79 Å². The first-order valence-corrected chi connectivity index (χ1v) is 6.91. The number of ether oxygens (including phenoxy) is 1. The summed E-state index contributed by atoms with van der Waals surface area (Å²) in [5.41, 5.74) is 7.67. The van der Waals surface area contributed by atoms with E-state index in [-0.39, 0.29) is 12.0 Å². The van der Waals surface area contributed by atoms with Crippen molar-refractivity contribution in [1.29, 1.82) is 0 Å². The van der Waals surface area contributed by atoms with Crippen LogP contribution in [0.1, 0.15) is 12.5 Å². The summed E-state index contributed by atoms with van der Waals surface area (Å²) >= 11 is 0. The van der Waals surface area contributed by atoms with Crippen LogP contribution in [0.25, 0.3) is 10.9 Å². The van der Waals surface area contributed by atoms with Gasteiger partial charge < -0.3 is 20.8 Å². The van der Waals surface area contributed by atoms with E-state index < -0.39 is 0 Å². The zero-order chi connectivity index (χ0) is 14.4. The van der Waals surface area contributed by atoms with Gasteiger partial charge in [0, 0.05) is 36.6 Å². The fraction of sp³-hybridized carbons (Fsp3) is 0.400. The Bertz CT molecular complexity index is 565. The van der Waals surface area contributed by atoms with Crippen molar-refractivity contribution in [2.45, 2.75) is 19.4 Å². The lowest BCUT2D eigenvalue weighted by Crippen LogP contribution is -2.42. The zero-order valence-electron chi connectivity index (χ0n) is 11.7. The molecule has 2 rings (SSSR count). The lowest BCUT2D eigenvalue weighted by Gasteiger charge is -2.16. The molecule has 0 bridgehead atoms. The maximum Gasteiger partial charge on any atom is 0.323 e. The molecule has 5 nitrogen and oxygen atoms in total. The van der Waals surface area contributed by atoms with Crippen molar-refractivity contribution in [3.05, 3.63) is 36.0 Å². The van der Waals surface area contributed by atoms with E-state index in [0.717, 1.165) is 16.5 Å². The highest BCUT2D eigenvalue weighted by atomic mass is 16.5. The Morgan fingerprint density at radius 1 is 1.45 bits per heavy atom. The summed E-state index contributed by atoms with van der Waals surface area (Å²) in [6, 6.07) is 7.68. The van der Waals surface area contributed by atoms with Crippen LogP contribution in [0.4, 0.5) is 0 Å². The number of esters is 1. The molecule has 2 aromatic rings. The molecule has 108 valence electrons. The predicted octanol–water partition coefficient (Wildman–Crippen LogP) is 1.19. The molecular formula is C15H21N3O2. The number of H-pyrrole nitrogens is 1. The van der Waals surface area contributed by atoms with Crippen LogP contribution < -0.4 is 11.1 Å². The normalized spacial score (nSPS) is 12.5. The lowest BCUT2D eigenvalue weighted by atomic mass is 10.0. The number of fused-ring (bicyclic) bond motifs is 1. The molecule has 0 fully saturated rings. The first-order valence-electron chi connectivity index (χ1n) is 6.91. The Morgan fingerprint density at radius 3 is 3.00 bits per heavy atom. The molecule has 0 radical (unpaired) electrons. The van der Waals surface area contributed by atoms with Crippen LogP contribution in [0.2, 0.25) is 0 Å². The average Bonchev–Trinajstić information content (AvgIpc) is 2.87. The van der Waals surface area contributed by atoms with Crippen molar-refractivity contribution in [2.24, 2.45) is 5.73 Å². The van der Waals surface area contributed by atoms with Crippen LogP contribution in [0.5, 0.6) is 0 Å². The van der Waals surface area contributed by atoms with E-state index in [4.69, 9.17) is 10.5 Å². The summed E-state index contributed by atoms with van der Waals surface area (Å²) in [5, 5.41) is 4.28. The second-order valence-electron chi connectivity index (χ2n) is 4.61. The molecule has 0 unspecified atom stereocenters. The third-order valence-electron chi connectivity index (χ3n) is 3.21. The van der Waals surface area contributed by atoms with Gasteiger partial charge in [0.2, 0.25) is 0 Å². The molecular weight excluding hydrogens is 254 g/mol. The summed E-state index contributed by atoms with van der Waals surface area (Å²) in [7, 11) is 0. The number of nitrogens with two attached hydrogens (primary N) is 1. The fourth-order valence-corrected chi connectivity index (χ4v) is 2.26. The van der Waals surface area contributed by atoms with Crippen molar-refractivity contribution in [3.63, 3.8) is 0 Å². The number of aromatic nitrogens is 1. The number of nitrogens with one attached hydrogen (secondary N) is 2. The molecule has 1 heterocycles. The molecule has 5 heteroatoms. The lowest BCUT2D eigenvalue weighted by molar-refractivity contribution is -0.145. The van der Waals surface area contributed by atoms with Crippen molar-refractivity contribution >= 4 is 16.9 Å². The first kappa shape index (κ1) is 14.6. The van der Waals surface area contributed by atoms with Crippen molar-refractivity contribution < 1.29 is 9.53 Å². The van der Waals surface area contributed by atoms with Gasteiger partial charge in [-0.2, -0.15) is 0 Å². The van der Waals surface area contributed by atoms with Gasteiger partial charge in [-0.25, -0.2) is 0 Å². The number of carbonyl (C=O) groups excluding carboxylic acids is 1. The van der Waals surface area contributed by atoms with E-state index in [1.165, 1.54) is 0 Å². The van der Waals surface area contributed by atoms with E-state index in [2.05, 4.69) is 10.3 Å². The summed E-state index contributed by atoms with van der Waals surface area (Å²) in [6.45, 7) is 3.27. The quantitative estimate of drug-likeness (QED) is 0.663. The SMILES string of the molecule is CCOC(=O)[C@@H](Cc1c[nH]c2ccccc12)NCCN. The van der Waals surface area contributed by atoms with Crippen LogP contribution in [0, 0.1) is 0 Å². The minimum Gasteiger partial charge on any atom is -0.465 e. The van der Waals surface area contributed by atoms with Crippen LogP contribution >= 0.6 is 0 Å². The molecule has 0 aliphatic carbocycles. The van der Waals surface area contributed by atoms with Crippen molar-refractivity contribution in [2.75, 3.05) is 19.7 Å². The smallest absolute Gasteiger partial charge is 0.323 e. The second kappa shape index (κ2) is 7.07. The summed E-state index contributed by atoms with van der Waals surface area (Å²) in [5.74, 6) is -0.230. The number of aromatic amines is 1. The van der Waals surface area contributed by atoms with Gasteiger partial charge in [-0.05, 0) is 18.6 Å². The van der Waals surface area contributed by atoms with E-state index >= 15 is 0 Å². The average molecular weight is 275 g/mol. The standard InChI is InChI=1S/C15H21N3O2/c1-2-20-15(19)14(17-8-7-16)9-11-10-18-13-6-4-3-5-12(11)13/h3-6,10,14,17-18H,2,7-9,16H2,1H3/t14-/m1/s1. The van der Waals surface area contributed by atoms with Crippen molar-refractivity contribution in [3.8, 4) is 0 Å². The van der Waals surface area contributed by atoms with E-state index in [1.807, 2.05) is 37.4 Å². The minimum absolute atomic E-state index is 0.230. The summed E-state index contributed by atoms with van der Waals surface area (Å²) < 4.78 is 5.11. The van der Waals surface area contributed by atoms with Gasteiger partial charge in [-0.1, -0.05) is 18.2 Å². The Balaban J connectivity index is 2.15. The van der Waals surface area contributed by atoms with Gasteiger partial charge in [-0.3, -0.25) is 4.79 Å². The third-order valence-corrected chi connectivity index (χ3v) is 3.21. The molecule has 0 aliphatic heterocycles. The highest BCUT2D eigenvalue weighted by molar-refractivity contribution is 5.84. The largest absolute Gasteiger partial charge is 0.465 e. The zero-order valence-corrected chi connectivity index (χ0v) is 11.7. The highest BCUT2D eigenvalue weighted by Gasteiger charge is 2.20. The first-order chi connectivity index (χ1) is 9.76. The molecule has 0 saturated carbocycles. The maximum absolute atomic E-state index is 12.0. The molecule has 0 saturated heterocycles. The molecule has 1 aromatic heterocycles. The Hall–Kier alpha value is -1.85. The van der Waals surface area contributed by atoms with Gasteiger partial charge >= 0.3 is 5.97 Å². The van der Waals surface area contributed by atoms with Gasteiger partial charge in [0.05, 0.1) is 6.61 Å². The Morgan fingerprint density at radius 2 is 2.25 bits per heavy atom. The van der Waals surface area contributed by atoms with E-state index in [1.54, 1.807) is 0 Å². The minimum atomic E-state index is -0.363. The predicted molar refractivity (Wildman–Crippen MR) is 79.5 cm³/mol. The maximum atomic E-state index is 12.0. The monoisotopic (exact) mass is 275 g/mol. The molecule has 4 N–H and O–H groups in total. The second-order valence-corrected chi connectivity index (χ2v) is 4.61. The van der Waals surface area contributed by atoms with Gasteiger partial charge in [0.15, 0.2) is 0 Å². The van der Waals surface area contributed by atoms with E-state index in [0.29, 0.717) is 26.1 Å². The van der Waals surface area contributed by atoms with Crippen LogP contribution in [0.3, 0.4) is 0 Å². The number of benzene rings is 1. The van der Waals surface area contributed by atoms with Crippen molar-refractivity contribution in [1.82, 2.24) is 10.3 Å². The van der Waals surface area contributed by atoms with Gasteiger partial charge in [0.1, 0.15) is 6.04 Å². The Labute approximate surface area is 118 Å². The number of rotatable bonds is 7. The van der Waals surface area contributed by atoms with Gasteiger partial charge in [-0.15, -0.1) is 0 Å². The number of hydrogen-bond acceptors (Lipinski definition) is 4. The van der Waals surface area contributed by atoms with Crippen LogP contribution in [0.15, 0.2) is 30.5 Å². The molecule has 0 amide bonds. The summed E-state index contributed by atoms with van der Waals surface area (Å²) in [6.07, 6.45) is 2.53. The molecule has 20 heavy (non-hydrogen) atoms. The van der Waals surface area contributed by atoms with Crippen LogP contribution in [-0.2, 0) is 16.0 Å². The third kappa shape index (κ3) is 3.37. The number of carbonyl (C=O) groups is 1. The molecule has 0 aliphatic rings. The molecule has 0 spiro atoms. The number of hydrogen-bond donors (Lipinski definition) is 3. The van der Waals surface area contributed by atoms with Crippen LogP contribution in [-0.4, -0.2) is 36.7 Å². The highest BCUT2D eigenvalue weighted by Crippen LogP contribution is 2.19. The summed E-state index contributed by atoms with van der Waals surface area (Å²) in [4.78, 5) is 15.2. The fourth-order valence-electron chi connectivity index (χ4n) is 2.26. The molecule has 1 aromatic carbocycles.